The fraction of sp³-hybridized carbons (Fsp3) is 0.412. The van der Waals surface area contributed by atoms with Gasteiger partial charge in [0.2, 0.25) is 0 Å². The Labute approximate surface area is 129 Å². The molecule has 1 aromatic heterocycles. The van der Waals surface area contributed by atoms with E-state index in [0.29, 0.717) is 5.69 Å². The summed E-state index contributed by atoms with van der Waals surface area (Å²) in [6.07, 6.45) is 3.71. The molecule has 0 unspecified atom stereocenters. The van der Waals surface area contributed by atoms with Crippen molar-refractivity contribution in [1.29, 1.82) is 0 Å². The van der Waals surface area contributed by atoms with Crippen molar-refractivity contribution in [2.45, 2.75) is 31.2 Å². The van der Waals surface area contributed by atoms with Crippen molar-refractivity contribution in [3.63, 3.8) is 0 Å². The number of benzene rings is 1. The number of rotatable bonds is 4. The van der Waals surface area contributed by atoms with Gasteiger partial charge in [0, 0.05) is 5.39 Å². The Kier molecular flexibility index (Phi) is 3.98. The summed E-state index contributed by atoms with van der Waals surface area (Å²) in [4.78, 5) is 16.8. The van der Waals surface area contributed by atoms with Crippen LogP contribution in [0.5, 0.6) is 5.75 Å². The second-order valence-electron chi connectivity index (χ2n) is 5.85. The normalized spacial score (nSPS) is 16.6. The Morgan fingerprint density at radius 2 is 2.09 bits per heavy atom. The highest BCUT2D eigenvalue weighted by Gasteiger charge is 2.35. The van der Waals surface area contributed by atoms with Gasteiger partial charge in [-0.25, -0.2) is 4.98 Å². The number of aliphatic hydroxyl groups is 1. The molecule has 1 aromatic carbocycles. The molecule has 116 valence electrons. The first-order chi connectivity index (χ1) is 10.7. The molecule has 1 aliphatic rings. The second-order valence-corrected chi connectivity index (χ2v) is 5.85. The maximum atomic E-state index is 12.4. The topological polar surface area (TPSA) is 71.5 Å². The number of aliphatic hydroxyl groups excluding tert-OH is 1. The van der Waals surface area contributed by atoms with Crippen molar-refractivity contribution in [2.75, 3.05) is 13.7 Å². The molecule has 0 saturated heterocycles. The summed E-state index contributed by atoms with van der Waals surface area (Å²) in [5, 5.41) is 13.5. The van der Waals surface area contributed by atoms with Crippen molar-refractivity contribution in [2.24, 2.45) is 0 Å². The van der Waals surface area contributed by atoms with E-state index in [0.717, 1.165) is 42.3 Å². The Morgan fingerprint density at radius 1 is 1.32 bits per heavy atom. The highest BCUT2D eigenvalue weighted by molar-refractivity contribution is 5.95. The van der Waals surface area contributed by atoms with Crippen LogP contribution in [0.15, 0.2) is 30.3 Å². The van der Waals surface area contributed by atoms with Crippen LogP contribution in [-0.2, 0) is 0 Å². The number of nitrogens with one attached hydrogen (secondary N) is 1. The van der Waals surface area contributed by atoms with Gasteiger partial charge in [0.25, 0.3) is 5.91 Å². The van der Waals surface area contributed by atoms with Gasteiger partial charge in [-0.15, -0.1) is 0 Å². The third-order valence-electron chi connectivity index (χ3n) is 4.37. The van der Waals surface area contributed by atoms with E-state index in [1.165, 1.54) is 0 Å². The number of amides is 1. The number of nitrogens with zero attached hydrogens (tertiary/aromatic N) is 1. The van der Waals surface area contributed by atoms with Crippen LogP contribution in [0, 0.1) is 0 Å². The minimum absolute atomic E-state index is 0.0243. The van der Waals surface area contributed by atoms with Gasteiger partial charge < -0.3 is 15.2 Å². The van der Waals surface area contributed by atoms with Gasteiger partial charge >= 0.3 is 0 Å². The Bertz CT molecular complexity index is 693. The van der Waals surface area contributed by atoms with E-state index in [9.17, 15) is 9.90 Å². The van der Waals surface area contributed by atoms with Crippen molar-refractivity contribution in [3.8, 4) is 5.75 Å². The minimum atomic E-state index is -0.479. The molecule has 1 aliphatic carbocycles. The molecule has 1 fully saturated rings. The molecule has 1 heterocycles. The van der Waals surface area contributed by atoms with Crippen LogP contribution in [0.2, 0.25) is 0 Å². The zero-order valence-corrected chi connectivity index (χ0v) is 12.6. The van der Waals surface area contributed by atoms with Gasteiger partial charge in [-0.2, -0.15) is 0 Å². The zero-order valence-electron chi connectivity index (χ0n) is 12.6. The number of carbonyl (C=O) groups excluding carboxylic acids is 1. The number of aromatic nitrogens is 1. The van der Waals surface area contributed by atoms with Crippen molar-refractivity contribution in [1.82, 2.24) is 10.3 Å². The SMILES string of the molecule is COc1ccc2nc(C(=O)NC3(CO)CCCC3)ccc2c1. The average Bonchev–Trinajstić information content (AvgIpc) is 3.02. The molecule has 0 aliphatic heterocycles. The van der Waals surface area contributed by atoms with Crippen molar-refractivity contribution in [3.05, 3.63) is 36.0 Å². The quantitative estimate of drug-likeness (QED) is 0.908. The van der Waals surface area contributed by atoms with Crippen LogP contribution < -0.4 is 10.1 Å². The maximum absolute atomic E-state index is 12.4. The maximum Gasteiger partial charge on any atom is 0.270 e. The molecule has 2 N–H and O–H groups in total. The average molecular weight is 300 g/mol. The summed E-state index contributed by atoms with van der Waals surface area (Å²) in [5.74, 6) is 0.533. The number of ether oxygens (including phenoxy) is 1. The number of carbonyl (C=O) groups is 1. The summed E-state index contributed by atoms with van der Waals surface area (Å²) in [6.45, 7) is -0.0243. The molecule has 5 heteroatoms. The third kappa shape index (κ3) is 2.76. The smallest absolute Gasteiger partial charge is 0.270 e. The number of methoxy groups -OCH3 is 1. The predicted octanol–water partition coefficient (Wildman–Crippen LogP) is 2.28. The van der Waals surface area contributed by atoms with E-state index in [4.69, 9.17) is 4.74 Å². The van der Waals surface area contributed by atoms with E-state index >= 15 is 0 Å². The van der Waals surface area contributed by atoms with Gasteiger partial charge in [-0.05, 0) is 37.1 Å². The molecule has 0 radical (unpaired) electrons. The third-order valence-corrected chi connectivity index (χ3v) is 4.37. The van der Waals surface area contributed by atoms with Crippen LogP contribution in [0.25, 0.3) is 10.9 Å². The first-order valence-electron chi connectivity index (χ1n) is 7.54. The highest BCUT2D eigenvalue weighted by Crippen LogP contribution is 2.29. The van der Waals surface area contributed by atoms with Crippen molar-refractivity contribution >= 4 is 16.8 Å². The van der Waals surface area contributed by atoms with Crippen LogP contribution in [0.3, 0.4) is 0 Å². The summed E-state index contributed by atoms with van der Waals surface area (Å²) >= 11 is 0. The highest BCUT2D eigenvalue weighted by atomic mass is 16.5. The van der Waals surface area contributed by atoms with Gasteiger partial charge in [0.05, 0.1) is 24.8 Å². The largest absolute Gasteiger partial charge is 0.497 e. The van der Waals surface area contributed by atoms with Gasteiger partial charge in [-0.1, -0.05) is 18.9 Å². The van der Waals surface area contributed by atoms with Crippen molar-refractivity contribution < 1.29 is 14.6 Å². The molecule has 5 nitrogen and oxygen atoms in total. The molecule has 0 atom stereocenters. The Hall–Kier alpha value is -2.14. The molecule has 1 saturated carbocycles. The lowest BCUT2D eigenvalue weighted by molar-refractivity contribution is 0.0834. The first-order valence-corrected chi connectivity index (χ1v) is 7.54. The van der Waals surface area contributed by atoms with E-state index < -0.39 is 5.54 Å². The van der Waals surface area contributed by atoms with E-state index in [1.807, 2.05) is 24.3 Å². The summed E-state index contributed by atoms with van der Waals surface area (Å²) < 4.78 is 5.18. The number of hydrogen-bond donors (Lipinski definition) is 2. The molecule has 0 spiro atoms. The van der Waals surface area contributed by atoms with Crippen LogP contribution >= 0.6 is 0 Å². The van der Waals surface area contributed by atoms with Gasteiger partial charge in [-0.3, -0.25) is 4.79 Å². The first kappa shape index (κ1) is 14.8. The lowest BCUT2D eigenvalue weighted by Gasteiger charge is -2.27. The number of pyridine rings is 1. The van der Waals surface area contributed by atoms with E-state index in [2.05, 4.69) is 10.3 Å². The molecular formula is C17H20N2O3. The summed E-state index contributed by atoms with van der Waals surface area (Å²) in [7, 11) is 1.62. The molecule has 0 bridgehead atoms. The monoisotopic (exact) mass is 300 g/mol. The summed E-state index contributed by atoms with van der Waals surface area (Å²) in [6, 6.07) is 9.11. The van der Waals surface area contributed by atoms with Gasteiger partial charge in [0.15, 0.2) is 0 Å². The van der Waals surface area contributed by atoms with Crippen LogP contribution in [0.4, 0.5) is 0 Å². The Morgan fingerprint density at radius 3 is 2.77 bits per heavy atom. The van der Waals surface area contributed by atoms with Crippen LogP contribution in [-0.4, -0.2) is 35.3 Å². The molecule has 22 heavy (non-hydrogen) atoms. The second kappa shape index (κ2) is 5.93. The molecule has 2 aromatic rings. The number of hydrogen-bond acceptors (Lipinski definition) is 4. The molecule has 3 rings (SSSR count). The minimum Gasteiger partial charge on any atom is -0.497 e. The fourth-order valence-electron chi connectivity index (χ4n) is 3.04. The predicted molar refractivity (Wildman–Crippen MR) is 84.0 cm³/mol. The van der Waals surface area contributed by atoms with E-state index in [1.54, 1.807) is 13.2 Å². The summed E-state index contributed by atoms with van der Waals surface area (Å²) in [5.41, 5.74) is 0.642. The zero-order chi connectivity index (χ0) is 15.6. The number of fused-ring (bicyclic) bond motifs is 1. The molecular weight excluding hydrogens is 280 g/mol. The van der Waals surface area contributed by atoms with Crippen LogP contribution in [0.1, 0.15) is 36.2 Å². The lowest BCUT2D eigenvalue weighted by atomic mass is 9.98. The molecule has 1 amide bonds. The fourth-order valence-corrected chi connectivity index (χ4v) is 3.04. The Balaban J connectivity index is 1.85. The van der Waals surface area contributed by atoms with Gasteiger partial charge in [0.1, 0.15) is 11.4 Å². The standard InChI is InChI=1S/C17H20N2O3/c1-22-13-5-7-14-12(10-13)4-6-15(18-14)16(21)19-17(11-20)8-2-3-9-17/h4-7,10,20H,2-3,8-9,11H2,1H3,(H,19,21). The van der Waals surface area contributed by atoms with E-state index in [-0.39, 0.29) is 12.5 Å². The lowest BCUT2D eigenvalue weighted by Crippen LogP contribution is -2.49.